The Morgan fingerprint density at radius 3 is 2.50 bits per heavy atom. The molecule has 120 valence electrons. The highest BCUT2D eigenvalue weighted by Gasteiger charge is 2.53. The van der Waals surface area contributed by atoms with E-state index in [1.54, 1.807) is 36.7 Å². The number of aromatic nitrogens is 2. The van der Waals surface area contributed by atoms with Crippen LogP contribution in [0.4, 0.5) is 5.69 Å². The molecular formula is C18H14ClN3O2. The number of nitrogens with zero attached hydrogens (tertiary/aromatic N) is 2. The summed E-state index contributed by atoms with van der Waals surface area (Å²) in [6, 6.07) is 12.7. The van der Waals surface area contributed by atoms with E-state index in [9.17, 15) is 4.79 Å². The van der Waals surface area contributed by atoms with Crippen molar-refractivity contribution in [3.63, 3.8) is 0 Å². The third-order valence-corrected chi connectivity index (χ3v) is 4.50. The lowest BCUT2D eigenvalue weighted by Crippen LogP contribution is -2.28. The Hall–Kier alpha value is -2.66. The predicted octanol–water partition coefficient (Wildman–Crippen LogP) is 4.06. The SMILES string of the molecule is O=C(Nc1ccncc1)C1(c2cc(-c3ccc(Cl)cc3)on2)CC1. The molecule has 1 aliphatic carbocycles. The van der Waals surface area contributed by atoms with Crippen LogP contribution in [0.5, 0.6) is 0 Å². The van der Waals surface area contributed by atoms with Crippen LogP contribution >= 0.6 is 11.6 Å². The van der Waals surface area contributed by atoms with Crippen molar-refractivity contribution in [2.45, 2.75) is 18.3 Å². The molecule has 2 heterocycles. The van der Waals surface area contributed by atoms with E-state index in [1.807, 2.05) is 18.2 Å². The second kappa shape index (κ2) is 5.76. The zero-order valence-electron chi connectivity index (χ0n) is 12.7. The van der Waals surface area contributed by atoms with Crippen LogP contribution in [0.3, 0.4) is 0 Å². The number of benzene rings is 1. The van der Waals surface area contributed by atoms with Gasteiger partial charge in [-0.3, -0.25) is 9.78 Å². The van der Waals surface area contributed by atoms with Crippen molar-refractivity contribution < 1.29 is 9.32 Å². The van der Waals surface area contributed by atoms with Crippen LogP contribution in [0.2, 0.25) is 5.02 Å². The fraction of sp³-hybridized carbons (Fsp3) is 0.167. The summed E-state index contributed by atoms with van der Waals surface area (Å²) in [6.45, 7) is 0. The first-order chi connectivity index (χ1) is 11.7. The minimum absolute atomic E-state index is 0.0651. The van der Waals surface area contributed by atoms with Gasteiger partial charge in [0.05, 0.1) is 11.1 Å². The van der Waals surface area contributed by atoms with E-state index in [0.717, 1.165) is 24.1 Å². The second-order valence-electron chi connectivity index (χ2n) is 5.86. The minimum Gasteiger partial charge on any atom is -0.356 e. The lowest BCUT2D eigenvalue weighted by atomic mass is 10.00. The van der Waals surface area contributed by atoms with E-state index in [4.69, 9.17) is 16.1 Å². The molecule has 0 unspecified atom stereocenters. The van der Waals surface area contributed by atoms with Gasteiger partial charge < -0.3 is 9.84 Å². The average molecular weight is 340 g/mol. The number of halogens is 1. The molecule has 0 bridgehead atoms. The molecule has 5 nitrogen and oxygen atoms in total. The minimum atomic E-state index is -0.600. The van der Waals surface area contributed by atoms with E-state index < -0.39 is 5.41 Å². The zero-order chi connectivity index (χ0) is 16.6. The maximum absolute atomic E-state index is 12.7. The van der Waals surface area contributed by atoms with Gasteiger partial charge in [0.2, 0.25) is 5.91 Å². The molecule has 0 atom stereocenters. The highest BCUT2D eigenvalue weighted by molar-refractivity contribution is 6.30. The monoisotopic (exact) mass is 339 g/mol. The average Bonchev–Trinajstić information content (AvgIpc) is 3.27. The topological polar surface area (TPSA) is 68.0 Å². The predicted molar refractivity (Wildman–Crippen MR) is 90.7 cm³/mol. The quantitative estimate of drug-likeness (QED) is 0.778. The summed E-state index contributed by atoms with van der Waals surface area (Å²) in [4.78, 5) is 16.6. The van der Waals surface area contributed by atoms with Crippen molar-refractivity contribution in [1.82, 2.24) is 10.1 Å². The summed E-state index contributed by atoms with van der Waals surface area (Å²) in [5.41, 5.74) is 1.67. The molecule has 1 aromatic carbocycles. The van der Waals surface area contributed by atoms with E-state index >= 15 is 0 Å². The molecule has 24 heavy (non-hydrogen) atoms. The van der Waals surface area contributed by atoms with E-state index in [0.29, 0.717) is 16.5 Å². The number of carbonyl (C=O) groups excluding carboxylic acids is 1. The summed E-state index contributed by atoms with van der Waals surface area (Å²) in [6.07, 6.45) is 4.81. The summed E-state index contributed by atoms with van der Waals surface area (Å²) < 4.78 is 5.43. The van der Waals surface area contributed by atoms with Crippen LogP contribution in [0.15, 0.2) is 59.4 Å². The Morgan fingerprint density at radius 2 is 1.83 bits per heavy atom. The van der Waals surface area contributed by atoms with Crippen molar-refractivity contribution in [2.24, 2.45) is 0 Å². The van der Waals surface area contributed by atoms with Crippen molar-refractivity contribution >= 4 is 23.2 Å². The lowest BCUT2D eigenvalue weighted by molar-refractivity contribution is -0.118. The Kier molecular flexibility index (Phi) is 3.58. The molecule has 1 amide bonds. The van der Waals surface area contributed by atoms with Gasteiger partial charge in [0.1, 0.15) is 0 Å². The van der Waals surface area contributed by atoms with Gasteiger partial charge >= 0.3 is 0 Å². The van der Waals surface area contributed by atoms with Gasteiger partial charge in [0.15, 0.2) is 5.76 Å². The summed E-state index contributed by atoms with van der Waals surface area (Å²) in [5, 5.41) is 7.71. The van der Waals surface area contributed by atoms with Crippen molar-refractivity contribution in [3.8, 4) is 11.3 Å². The van der Waals surface area contributed by atoms with Gasteiger partial charge in [-0.05, 0) is 49.2 Å². The molecule has 0 saturated heterocycles. The molecule has 1 fully saturated rings. The van der Waals surface area contributed by atoms with Crippen LogP contribution in [-0.4, -0.2) is 16.0 Å². The number of hydrogen-bond acceptors (Lipinski definition) is 4. The van der Waals surface area contributed by atoms with Crippen molar-refractivity contribution in [2.75, 3.05) is 5.32 Å². The molecular weight excluding hydrogens is 326 g/mol. The standard InChI is InChI=1S/C18H14ClN3O2/c19-13-3-1-12(2-4-13)15-11-16(22-24-15)18(7-8-18)17(23)21-14-5-9-20-10-6-14/h1-6,9-11H,7-8H2,(H,20,21,23). The van der Waals surface area contributed by atoms with Gasteiger partial charge in [0.25, 0.3) is 0 Å². The maximum Gasteiger partial charge on any atom is 0.236 e. The van der Waals surface area contributed by atoms with Crippen LogP contribution < -0.4 is 5.32 Å². The number of hydrogen-bond donors (Lipinski definition) is 1. The molecule has 0 aliphatic heterocycles. The molecule has 0 spiro atoms. The summed E-state index contributed by atoms with van der Waals surface area (Å²) >= 11 is 5.90. The number of pyridine rings is 1. The summed E-state index contributed by atoms with van der Waals surface area (Å²) in [7, 11) is 0. The fourth-order valence-electron chi connectivity index (χ4n) is 2.66. The van der Waals surface area contributed by atoms with Crippen LogP contribution in [-0.2, 0) is 10.2 Å². The van der Waals surface area contributed by atoms with Gasteiger partial charge in [-0.15, -0.1) is 0 Å². The normalized spacial score (nSPS) is 15.0. The first-order valence-electron chi connectivity index (χ1n) is 7.62. The zero-order valence-corrected chi connectivity index (χ0v) is 13.5. The van der Waals surface area contributed by atoms with Crippen LogP contribution in [0.25, 0.3) is 11.3 Å². The maximum atomic E-state index is 12.7. The Morgan fingerprint density at radius 1 is 1.12 bits per heavy atom. The molecule has 1 N–H and O–H groups in total. The number of anilines is 1. The smallest absolute Gasteiger partial charge is 0.236 e. The third kappa shape index (κ3) is 2.67. The molecule has 0 radical (unpaired) electrons. The lowest BCUT2D eigenvalue weighted by Gasteiger charge is -2.12. The largest absolute Gasteiger partial charge is 0.356 e. The highest BCUT2D eigenvalue weighted by Crippen LogP contribution is 2.49. The Bertz CT molecular complexity index is 871. The van der Waals surface area contributed by atoms with Gasteiger partial charge in [-0.25, -0.2) is 0 Å². The Balaban J connectivity index is 1.57. The molecule has 1 saturated carbocycles. The molecule has 4 rings (SSSR count). The van der Waals surface area contributed by atoms with Gasteiger partial charge in [-0.2, -0.15) is 0 Å². The third-order valence-electron chi connectivity index (χ3n) is 4.25. The second-order valence-corrected chi connectivity index (χ2v) is 6.29. The molecule has 6 heteroatoms. The summed E-state index contributed by atoms with van der Waals surface area (Å²) in [5.74, 6) is 0.564. The number of nitrogens with one attached hydrogen (secondary N) is 1. The number of rotatable bonds is 4. The number of amides is 1. The first kappa shape index (κ1) is 14.9. The molecule has 1 aliphatic rings. The van der Waals surface area contributed by atoms with Gasteiger partial charge in [-0.1, -0.05) is 16.8 Å². The van der Waals surface area contributed by atoms with Crippen LogP contribution in [0, 0.1) is 0 Å². The van der Waals surface area contributed by atoms with Crippen LogP contribution in [0.1, 0.15) is 18.5 Å². The highest BCUT2D eigenvalue weighted by atomic mass is 35.5. The fourth-order valence-corrected chi connectivity index (χ4v) is 2.79. The molecule has 2 aromatic heterocycles. The van der Waals surface area contributed by atoms with E-state index in [-0.39, 0.29) is 5.91 Å². The first-order valence-corrected chi connectivity index (χ1v) is 8.00. The number of carbonyl (C=O) groups is 1. The van der Waals surface area contributed by atoms with Crippen molar-refractivity contribution in [3.05, 3.63) is 65.6 Å². The van der Waals surface area contributed by atoms with E-state index in [2.05, 4.69) is 15.5 Å². The van der Waals surface area contributed by atoms with Crippen molar-refractivity contribution in [1.29, 1.82) is 0 Å². The van der Waals surface area contributed by atoms with Gasteiger partial charge in [0, 0.05) is 34.7 Å². The Labute approximate surface area is 143 Å². The van der Waals surface area contributed by atoms with E-state index in [1.165, 1.54) is 0 Å². The molecule has 3 aromatic rings.